The van der Waals surface area contributed by atoms with Gasteiger partial charge in [0, 0.05) is 31.9 Å². The molecule has 0 radical (unpaired) electrons. The number of ether oxygens (including phenoxy) is 2. The van der Waals surface area contributed by atoms with Crippen molar-refractivity contribution in [1.82, 2.24) is 10.2 Å². The molecule has 0 aliphatic carbocycles. The van der Waals surface area contributed by atoms with Crippen molar-refractivity contribution in [2.24, 2.45) is 4.99 Å². The van der Waals surface area contributed by atoms with Gasteiger partial charge in [-0.25, -0.2) is 0 Å². The van der Waals surface area contributed by atoms with Crippen LogP contribution >= 0.6 is 0 Å². The Morgan fingerprint density at radius 3 is 2.41 bits per heavy atom. The molecular weight excluding hydrogens is 364 g/mol. The van der Waals surface area contributed by atoms with E-state index in [1.54, 1.807) is 14.2 Å². The summed E-state index contributed by atoms with van der Waals surface area (Å²) in [6, 6.07) is 14.6. The largest absolute Gasteiger partial charge is 0.493 e. The number of nitrogens with zero attached hydrogens (tertiary/aromatic N) is 2. The average Bonchev–Trinajstić information content (AvgIpc) is 3.25. The number of guanidine groups is 1. The van der Waals surface area contributed by atoms with E-state index in [4.69, 9.17) is 9.47 Å². The van der Waals surface area contributed by atoms with Gasteiger partial charge in [-0.3, -0.25) is 9.89 Å². The highest BCUT2D eigenvalue weighted by Gasteiger charge is 2.11. The number of rotatable bonds is 8. The van der Waals surface area contributed by atoms with Gasteiger partial charge < -0.3 is 20.1 Å². The molecule has 0 saturated carbocycles. The van der Waals surface area contributed by atoms with Crippen molar-refractivity contribution in [3.8, 4) is 11.5 Å². The lowest BCUT2D eigenvalue weighted by Gasteiger charge is -2.16. The summed E-state index contributed by atoms with van der Waals surface area (Å²) in [7, 11) is 3.41. The first-order valence-electron chi connectivity index (χ1n) is 10.3. The highest BCUT2D eigenvalue weighted by Crippen LogP contribution is 2.30. The van der Waals surface area contributed by atoms with Gasteiger partial charge >= 0.3 is 0 Å². The molecule has 6 nitrogen and oxygen atoms in total. The lowest BCUT2D eigenvalue weighted by Crippen LogP contribution is -2.30. The van der Waals surface area contributed by atoms with Crippen molar-refractivity contribution < 1.29 is 9.47 Å². The molecule has 0 atom stereocenters. The van der Waals surface area contributed by atoms with Gasteiger partial charge in [0.25, 0.3) is 0 Å². The Morgan fingerprint density at radius 2 is 1.76 bits per heavy atom. The monoisotopic (exact) mass is 396 g/mol. The number of likely N-dealkylation sites (tertiary alicyclic amines) is 1. The first-order chi connectivity index (χ1) is 14.2. The summed E-state index contributed by atoms with van der Waals surface area (Å²) < 4.78 is 11.0. The third-order valence-corrected chi connectivity index (χ3v) is 5.04. The van der Waals surface area contributed by atoms with E-state index in [-0.39, 0.29) is 0 Å². The third-order valence-electron chi connectivity index (χ3n) is 5.04. The number of methoxy groups -OCH3 is 1. The van der Waals surface area contributed by atoms with Gasteiger partial charge in [0.2, 0.25) is 0 Å². The average molecular weight is 397 g/mol. The van der Waals surface area contributed by atoms with Crippen LogP contribution in [-0.2, 0) is 13.1 Å². The maximum absolute atomic E-state index is 5.64. The number of anilines is 1. The van der Waals surface area contributed by atoms with Gasteiger partial charge in [0.05, 0.1) is 13.7 Å². The summed E-state index contributed by atoms with van der Waals surface area (Å²) in [5.41, 5.74) is 3.49. The van der Waals surface area contributed by atoms with E-state index in [1.807, 2.05) is 25.1 Å². The molecule has 1 aliphatic heterocycles. The molecular formula is C23H32N4O2. The number of aliphatic imine (C=N–C) groups is 1. The number of hydrogen-bond donors (Lipinski definition) is 2. The second kappa shape index (κ2) is 10.7. The zero-order valence-corrected chi connectivity index (χ0v) is 17.7. The molecule has 1 fully saturated rings. The summed E-state index contributed by atoms with van der Waals surface area (Å²) >= 11 is 0. The zero-order chi connectivity index (χ0) is 20.5. The van der Waals surface area contributed by atoms with E-state index in [9.17, 15) is 0 Å². The standard InChI is InChI=1S/C23H32N4O2/c1-4-29-22-15-20(11-12-21(22)28-3)26-23(24-2)25-16-18-7-9-19(10-8-18)17-27-13-5-6-14-27/h7-12,15H,4-6,13-14,16-17H2,1-3H3,(H2,24,25,26). The molecule has 29 heavy (non-hydrogen) atoms. The predicted octanol–water partition coefficient (Wildman–Crippen LogP) is 3.88. The Hall–Kier alpha value is -2.73. The Bertz CT molecular complexity index is 799. The SMILES string of the molecule is CCOc1cc(NC(=NC)NCc2ccc(CN3CCCC3)cc2)ccc1OC. The van der Waals surface area contributed by atoms with E-state index in [0.717, 1.165) is 18.0 Å². The minimum absolute atomic E-state index is 0.584. The van der Waals surface area contributed by atoms with Crippen LogP contribution in [0.25, 0.3) is 0 Å². The van der Waals surface area contributed by atoms with Gasteiger partial charge in [-0.1, -0.05) is 24.3 Å². The summed E-state index contributed by atoms with van der Waals surface area (Å²) in [5.74, 6) is 2.14. The van der Waals surface area contributed by atoms with Crippen LogP contribution in [0, 0.1) is 0 Å². The fourth-order valence-electron chi connectivity index (χ4n) is 3.49. The van der Waals surface area contributed by atoms with Crippen LogP contribution in [0.4, 0.5) is 5.69 Å². The fourth-order valence-corrected chi connectivity index (χ4v) is 3.49. The Balaban J connectivity index is 1.54. The van der Waals surface area contributed by atoms with Crippen molar-refractivity contribution in [2.45, 2.75) is 32.9 Å². The summed E-state index contributed by atoms with van der Waals surface area (Å²) in [6.45, 7) is 6.75. The van der Waals surface area contributed by atoms with E-state index < -0.39 is 0 Å². The zero-order valence-electron chi connectivity index (χ0n) is 17.7. The van der Waals surface area contributed by atoms with Gasteiger partial charge in [-0.15, -0.1) is 0 Å². The predicted molar refractivity (Wildman–Crippen MR) is 119 cm³/mol. The quantitative estimate of drug-likeness (QED) is 0.524. The highest BCUT2D eigenvalue weighted by atomic mass is 16.5. The Morgan fingerprint density at radius 1 is 1.03 bits per heavy atom. The van der Waals surface area contributed by atoms with Crippen molar-refractivity contribution in [3.63, 3.8) is 0 Å². The second-order valence-electron chi connectivity index (χ2n) is 7.15. The van der Waals surface area contributed by atoms with Gasteiger partial charge in [-0.05, 0) is 56.1 Å². The molecule has 1 heterocycles. The molecule has 2 aromatic carbocycles. The van der Waals surface area contributed by atoms with Crippen molar-refractivity contribution in [2.75, 3.05) is 39.2 Å². The van der Waals surface area contributed by atoms with E-state index in [2.05, 4.69) is 44.8 Å². The van der Waals surface area contributed by atoms with Gasteiger partial charge in [0.1, 0.15) is 0 Å². The topological polar surface area (TPSA) is 58.1 Å². The molecule has 0 bridgehead atoms. The first-order valence-corrected chi connectivity index (χ1v) is 10.3. The molecule has 0 spiro atoms. The molecule has 1 aliphatic rings. The number of nitrogens with one attached hydrogen (secondary N) is 2. The van der Waals surface area contributed by atoms with Gasteiger partial charge in [0.15, 0.2) is 17.5 Å². The van der Waals surface area contributed by atoms with Crippen LogP contribution in [0.15, 0.2) is 47.5 Å². The lowest BCUT2D eigenvalue weighted by molar-refractivity contribution is 0.311. The van der Waals surface area contributed by atoms with Crippen molar-refractivity contribution >= 4 is 11.6 Å². The van der Waals surface area contributed by atoms with Crippen molar-refractivity contribution in [3.05, 3.63) is 53.6 Å². The molecule has 1 saturated heterocycles. The first kappa shape index (κ1) is 21.0. The fraction of sp³-hybridized carbons (Fsp3) is 0.435. The van der Waals surface area contributed by atoms with Crippen LogP contribution in [0.5, 0.6) is 11.5 Å². The Kier molecular flexibility index (Phi) is 7.76. The maximum Gasteiger partial charge on any atom is 0.195 e. The van der Waals surface area contributed by atoms with Crippen LogP contribution in [0.1, 0.15) is 30.9 Å². The van der Waals surface area contributed by atoms with Crippen LogP contribution in [0.2, 0.25) is 0 Å². The van der Waals surface area contributed by atoms with Gasteiger partial charge in [-0.2, -0.15) is 0 Å². The van der Waals surface area contributed by atoms with Crippen molar-refractivity contribution in [1.29, 1.82) is 0 Å². The lowest BCUT2D eigenvalue weighted by atomic mass is 10.1. The van der Waals surface area contributed by atoms with E-state index in [0.29, 0.717) is 24.9 Å². The van der Waals surface area contributed by atoms with Crippen LogP contribution in [0.3, 0.4) is 0 Å². The minimum atomic E-state index is 0.584. The molecule has 156 valence electrons. The van der Waals surface area contributed by atoms with E-state index in [1.165, 1.54) is 37.1 Å². The smallest absolute Gasteiger partial charge is 0.195 e. The molecule has 3 rings (SSSR count). The van der Waals surface area contributed by atoms with E-state index >= 15 is 0 Å². The molecule has 6 heteroatoms. The molecule has 2 aromatic rings. The number of hydrogen-bond acceptors (Lipinski definition) is 4. The summed E-state index contributed by atoms with van der Waals surface area (Å²) in [6.07, 6.45) is 2.66. The second-order valence-corrected chi connectivity index (χ2v) is 7.15. The maximum atomic E-state index is 5.64. The van der Waals surface area contributed by atoms with Crippen LogP contribution < -0.4 is 20.1 Å². The minimum Gasteiger partial charge on any atom is -0.493 e. The normalized spacial score (nSPS) is 14.7. The number of benzene rings is 2. The summed E-state index contributed by atoms with van der Waals surface area (Å²) in [4.78, 5) is 6.84. The molecule has 2 N–H and O–H groups in total. The summed E-state index contributed by atoms with van der Waals surface area (Å²) in [5, 5.41) is 6.67. The van der Waals surface area contributed by atoms with Crippen LogP contribution in [-0.4, -0.2) is 44.7 Å². The Labute approximate surface area is 173 Å². The molecule has 0 unspecified atom stereocenters. The molecule has 0 amide bonds. The molecule has 0 aromatic heterocycles. The highest BCUT2D eigenvalue weighted by molar-refractivity contribution is 5.93. The third kappa shape index (κ3) is 6.12.